The third-order valence-corrected chi connectivity index (χ3v) is 3.61. The van der Waals surface area contributed by atoms with Gasteiger partial charge in [-0.3, -0.25) is 19.5 Å². The molecular formula is C13H17N3O2. The lowest BCUT2D eigenvalue weighted by Gasteiger charge is -2.30. The van der Waals surface area contributed by atoms with Crippen molar-refractivity contribution in [2.24, 2.45) is 5.73 Å². The fourth-order valence-electron chi connectivity index (χ4n) is 2.05. The van der Waals surface area contributed by atoms with E-state index < -0.39 is 5.54 Å². The second-order valence-electron chi connectivity index (χ2n) is 4.67. The molecule has 0 aromatic carbocycles. The van der Waals surface area contributed by atoms with Crippen LogP contribution < -0.4 is 5.73 Å². The van der Waals surface area contributed by atoms with Crippen molar-refractivity contribution >= 4 is 11.8 Å². The van der Waals surface area contributed by atoms with E-state index in [4.69, 9.17) is 5.73 Å². The summed E-state index contributed by atoms with van der Waals surface area (Å²) < 4.78 is 0. The van der Waals surface area contributed by atoms with E-state index in [1.165, 1.54) is 11.1 Å². The SMILES string of the molecule is CCC(N)(CC)CN1C(=O)c2cccnc2C1=O. The summed E-state index contributed by atoms with van der Waals surface area (Å²) in [5.41, 5.74) is 6.25. The molecule has 0 radical (unpaired) electrons. The van der Waals surface area contributed by atoms with E-state index in [1.807, 2.05) is 13.8 Å². The Morgan fingerprint density at radius 1 is 1.28 bits per heavy atom. The Hall–Kier alpha value is -1.75. The minimum absolute atomic E-state index is 0.233. The van der Waals surface area contributed by atoms with Crippen molar-refractivity contribution in [3.63, 3.8) is 0 Å². The van der Waals surface area contributed by atoms with Crippen LogP contribution in [-0.4, -0.2) is 33.8 Å². The van der Waals surface area contributed by atoms with Crippen LogP contribution in [0, 0.1) is 0 Å². The number of carbonyl (C=O) groups excluding carboxylic acids is 2. The number of aromatic nitrogens is 1. The topological polar surface area (TPSA) is 76.3 Å². The normalized spacial score (nSPS) is 15.2. The average molecular weight is 247 g/mol. The first-order valence-electron chi connectivity index (χ1n) is 6.12. The van der Waals surface area contributed by atoms with E-state index in [0.29, 0.717) is 18.4 Å². The van der Waals surface area contributed by atoms with Gasteiger partial charge in [-0.2, -0.15) is 0 Å². The van der Waals surface area contributed by atoms with Crippen LogP contribution >= 0.6 is 0 Å². The van der Waals surface area contributed by atoms with Crippen molar-refractivity contribution < 1.29 is 9.59 Å². The van der Waals surface area contributed by atoms with Crippen molar-refractivity contribution in [2.45, 2.75) is 32.2 Å². The van der Waals surface area contributed by atoms with E-state index in [-0.39, 0.29) is 24.1 Å². The van der Waals surface area contributed by atoms with Crippen LogP contribution in [0.4, 0.5) is 0 Å². The van der Waals surface area contributed by atoms with Crippen molar-refractivity contribution in [3.05, 3.63) is 29.6 Å². The van der Waals surface area contributed by atoms with Gasteiger partial charge in [0, 0.05) is 18.3 Å². The molecule has 0 atom stereocenters. The number of fused-ring (bicyclic) bond motifs is 1. The maximum atomic E-state index is 12.1. The molecule has 1 aromatic rings. The van der Waals surface area contributed by atoms with Gasteiger partial charge in [0.2, 0.25) is 0 Å². The number of hydrogen-bond acceptors (Lipinski definition) is 4. The van der Waals surface area contributed by atoms with E-state index in [1.54, 1.807) is 12.1 Å². The van der Waals surface area contributed by atoms with Gasteiger partial charge in [0.25, 0.3) is 11.8 Å². The van der Waals surface area contributed by atoms with Crippen molar-refractivity contribution in [2.75, 3.05) is 6.54 Å². The van der Waals surface area contributed by atoms with Gasteiger partial charge in [-0.15, -0.1) is 0 Å². The van der Waals surface area contributed by atoms with E-state index in [2.05, 4.69) is 4.98 Å². The molecule has 18 heavy (non-hydrogen) atoms. The van der Waals surface area contributed by atoms with Crippen molar-refractivity contribution in [3.8, 4) is 0 Å². The highest BCUT2D eigenvalue weighted by Gasteiger charge is 2.39. The van der Waals surface area contributed by atoms with Gasteiger partial charge >= 0.3 is 0 Å². The summed E-state index contributed by atoms with van der Waals surface area (Å²) in [6.45, 7) is 4.16. The first kappa shape index (κ1) is 12.7. The predicted octanol–water partition coefficient (Wildman–Crippen LogP) is 1.20. The van der Waals surface area contributed by atoms with E-state index >= 15 is 0 Å². The molecule has 1 aromatic heterocycles. The van der Waals surface area contributed by atoms with Gasteiger partial charge in [0.1, 0.15) is 5.69 Å². The van der Waals surface area contributed by atoms with Crippen LogP contribution in [0.1, 0.15) is 47.5 Å². The Balaban J connectivity index is 2.29. The second kappa shape index (κ2) is 4.49. The van der Waals surface area contributed by atoms with Gasteiger partial charge < -0.3 is 5.73 Å². The number of nitrogens with zero attached hydrogens (tertiary/aromatic N) is 2. The van der Waals surface area contributed by atoms with Gasteiger partial charge in [-0.1, -0.05) is 13.8 Å². The van der Waals surface area contributed by atoms with Gasteiger partial charge in [-0.05, 0) is 25.0 Å². The lowest BCUT2D eigenvalue weighted by Crippen LogP contribution is -2.51. The molecule has 2 amide bonds. The Labute approximate surface area is 106 Å². The molecule has 0 aliphatic carbocycles. The van der Waals surface area contributed by atoms with Crippen molar-refractivity contribution in [1.82, 2.24) is 9.88 Å². The Kier molecular flexibility index (Phi) is 3.17. The molecule has 5 heteroatoms. The molecule has 0 spiro atoms. The molecule has 2 heterocycles. The van der Waals surface area contributed by atoms with Gasteiger partial charge in [0.05, 0.1) is 5.56 Å². The summed E-state index contributed by atoms with van der Waals surface area (Å²) in [4.78, 5) is 29.4. The zero-order valence-electron chi connectivity index (χ0n) is 10.6. The maximum Gasteiger partial charge on any atom is 0.280 e. The van der Waals surface area contributed by atoms with Crippen LogP contribution in [0.25, 0.3) is 0 Å². The number of hydrogen-bond donors (Lipinski definition) is 1. The highest BCUT2D eigenvalue weighted by Crippen LogP contribution is 2.23. The number of imide groups is 1. The second-order valence-corrected chi connectivity index (χ2v) is 4.67. The minimum atomic E-state index is -0.520. The molecule has 5 nitrogen and oxygen atoms in total. The summed E-state index contributed by atoms with van der Waals surface area (Å²) in [6.07, 6.45) is 2.94. The molecule has 1 aliphatic rings. The standard InChI is InChI=1S/C13H17N3O2/c1-3-13(14,4-2)8-16-11(17)9-6-5-7-15-10(9)12(16)18/h5-7H,3-4,8,14H2,1-2H3. The smallest absolute Gasteiger partial charge is 0.280 e. The van der Waals surface area contributed by atoms with E-state index in [9.17, 15) is 9.59 Å². The molecule has 1 aliphatic heterocycles. The highest BCUT2D eigenvalue weighted by atomic mass is 16.2. The first-order chi connectivity index (χ1) is 8.52. The number of amides is 2. The fraction of sp³-hybridized carbons (Fsp3) is 0.462. The summed E-state index contributed by atoms with van der Waals surface area (Å²) in [6, 6.07) is 3.28. The summed E-state index contributed by atoms with van der Waals surface area (Å²) in [7, 11) is 0. The van der Waals surface area contributed by atoms with Crippen LogP contribution in [0.2, 0.25) is 0 Å². The van der Waals surface area contributed by atoms with Crippen molar-refractivity contribution in [1.29, 1.82) is 0 Å². The number of nitrogens with two attached hydrogens (primary N) is 1. The summed E-state index contributed by atoms with van der Waals surface area (Å²) >= 11 is 0. The summed E-state index contributed by atoms with van der Waals surface area (Å²) in [5.74, 6) is -0.632. The lowest BCUT2D eigenvalue weighted by atomic mass is 9.93. The lowest BCUT2D eigenvalue weighted by molar-refractivity contribution is 0.0609. The molecular weight excluding hydrogens is 230 g/mol. The van der Waals surface area contributed by atoms with Gasteiger partial charge in [0.15, 0.2) is 0 Å². The quantitative estimate of drug-likeness (QED) is 0.811. The number of pyridine rings is 1. The maximum absolute atomic E-state index is 12.1. The van der Waals surface area contributed by atoms with Crippen LogP contribution in [-0.2, 0) is 0 Å². The number of carbonyl (C=O) groups is 2. The van der Waals surface area contributed by atoms with Crippen LogP contribution in [0.15, 0.2) is 18.3 Å². The predicted molar refractivity (Wildman–Crippen MR) is 67.1 cm³/mol. The third-order valence-electron chi connectivity index (χ3n) is 3.61. The molecule has 2 rings (SSSR count). The Morgan fingerprint density at radius 3 is 2.50 bits per heavy atom. The molecule has 96 valence electrons. The Morgan fingerprint density at radius 2 is 1.94 bits per heavy atom. The molecule has 0 bridgehead atoms. The largest absolute Gasteiger partial charge is 0.324 e. The van der Waals surface area contributed by atoms with Crippen LogP contribution in [0.5, 0.6) is 0 Å². The monoisotopic (exact) mass is 247 g/mol. The fourth-order valence-corrected chi connectivity index (χ4v) is 2.05. The van der Waals surface area contributed by atoms with Gasteiger partial charge in [-0.25, -0.2) is 0 Å². The minimum Gasteiger partial charge on any atom is -0.324 e. The number of rotatable bonds is 4. The third kappa shape index (κ3) is 1.90. The molecule has 0 fully saturated rings. The zero-order valence-corrected chi connectivity index (χ0v) is 10.6. The highest BCUT2D eigenvalue weighted by molar-refractivity contribution is 6.20. The molecule has 0 saturated heterocycles. The Bertz CT molecular complexity index is 460. The molecule has 2 N–H and O–H groups in total. The average Bonchev–Trinajstić information content (AvgIpc) is 2.64. The first-order valence-corrected chi connectivity index (χ1v) is 6.12. The van der Waals surface area contributed by atoms with Crippen LogP contribution in [0.3, 0.4) is 0 Å². The van der Waals surface area contributed by atoms with E-state index in [0.717, 1.165) is 0 Å². The molecule has 0 unspecified atom stereocenters. The molecule has 0 saturated carbocycles. The zero-order chi connectivity index (χ0) is 13.3. The summed E-state index contributed by atoms with van der Waals surface area (Å²) in [5, 5.41) is 0.